The van der Waals surface area contributed by atoms with Gasteiger partial charge >= 0.3 is 0 Å². The highest BCUT2D eigenvalue weighted by Crippen LogP contribution is 2.43. The summed E-state index contributed by atoms with van der Waals surface area (Å²) in [5, 5.41) is 0. The molecule has 0 N–H and O–H groups in total. The summed E-state index contributed by atoms with van der Waals surface area (Å²) in [6.45, 7) is 10.8. The molecule has 0 aliphatic heterocycles. The Labute approximate surface area is 297 Å². The normalized spacial score (nSPS) is 10.9. The molecule has 3 heteroatoms. The van der Waals surface area contributed by atoms with Crippen LogP contribution in [0.4, 0.5) is 51.2 Å². The Bertz CT molecular complexity index is 2040. The molecule has 0 aliphatic rings. The molecule has 0 unspecified atom stereocenters. The van der Waals surface area contributed by atoms with Crippen molar-refractivity contribution in [1.82, 2.24) is 0 Å². The van der Waals surface area contributed by atoms with E-state index in [2.05, 4.69) is 219 Å². The van der Waals surface area contributed by atoms with Crippen LogP contribution in [0.3, 0.4) is 0 Å². The monoisotopic (exact) mass is 649 g/mol. The van der Waals surface area contributed by atoms with E-state index < -0.39 is 0 Å². The lowest BCUT2D eigenvalue weighted by Crippen LogP contribution is -2.14. The molecule has 0 amide bonds. The molecular formula is C47H43N3. The van der Waals surface area contributed by atoms with E-state index in [4.69, 9.17) is 0 Å². The van der Waals surface area contributed by atoms with Crippen molar-refractivity contribution in [3.63, 3.8) is 0 Å². The van der Waals surface area contributed by atoms with Crippen LogP contribution in [-0.2, 0) is 0 Å². The molecule has 0 saturated heterocycles. The molecule has 7 aromatic rings. The van der Waals surface area contributed by atoms with Gasteiger partial charge in [0.1, 0.15) is 0 Å². The van der Waals surface area contributed by atoms with Gasteiger partial charge in [-0.05, 0) is 159 Å². The third-order valence-corrected chi connectivity index (χ3v) is 8.99. The molecule has 0 aliphatic carbocycles. The lowest BCUT2D eigenvalue weighted by atomic mass is 10.1. The van der Waals surface area contributed by atoms with Crippen molar-refractivity contribution < 1.29 is 0 Å². The maximum Gasteiger partial charge on any atom is 0.0482 e. The Hall–Kier alpha value is -6.06. The van der Waals surface area contributed by atoms with Crippen LogP contribution >= 0.6 is 0 Å². The zero-order valence-electron chi connectivity index (χ0n) is 29.5. The number of aryl methyl sites for hydroxylation is 5. The third-order valence-electron chi connectivity index (χ3n) is 8.99. The summed E-state index contributed by atoms with van der Waals surface area (Å²) < 4.78 is 0. The van der Waals surface area contributed by atoms with E-state index >= 15 is 0 Å². The molecule has 0 atom stereocenters. The predicted molar refractivity (Wildman–Crippen MR) is 214 cm³/mol. The van der Waals surface area contributed by atoms with Crippen molar-refractivity contribution in [1.29, 1.82) is 0 Å². The highest BCUT2D eigenvalue weighted by molar-refractivity contribution is 5.86. The number of hydrogen-bond donors (Lipinski definition) is 0. The van der Waals surface area contributed by atoms with Gasteiger partial charge < -0.3 is 14.7 Å². The number of benzene rings is 7. The van der Waals surface area contributed by atoms with Crippen molar-refractivity contribution in [2.45, 2.75) is 34.6 Å². The summed E-state index contributed by atoms with van der Waals surface area (Å²) in [6.07, 6.45) is 0. The zero-order valence-corrected chi connectivity index (χ0v) is 29.5. The van der Waals surface area contributed by atoms with Crippen LogP contribution in [0.15, 0.2) is 170 Å². The first-order valence-electron chi connectivity index (χ1n) is 17.3. The highest BCUT2D eigenvalue weighted by Gasteiger charge is 2.20. The van der Waals surface area contributed by atoms with Crippen LogP contribution in [0.5, 0.6) is 0 Å². The first-order valence-corrected chi connectivity index (χ1v) is 17.3. The van der Waals surface area contributed by atoms with Gasteiger partial charge in [0.25, 0.3) is 0 Å². The van der Waals surface area contributed by atoms with E-state index in [9.17, 15) is 0 Å². The van der Waals surface area contributed by atoms with Gasteiger partial charge in [-0.3, -0.25) is 0 Å². The fourth-order valence-electron chi connectivity index (χ4n) is 6.72. The van der Waals surface area contributed by atoms with Gasteiger partial charge in [0, 0.05) is 51.2 Å². The number of rotatable bonds is 9. The fourth-order valence-corrected chi connectivity index (χ4v) is 6.72. The predicted octanol–water partition coefficient (Wildman–Crippen LogP) is 13.6. The summed E-state index contributed by atoms with van der Waals surface area (Å²) in [5.74, 6) is 0. The van der Waals surface area contributed by atoms with Crippen molar-refractivity contribution >= 4 is 51.2 Å². The van der Waals surface area contributed by atoms with Crippen LogP contribution in [-0.4, -0.2) is 0 Å². The van der Waals surface area contributed by atoms with Crippen LogP contribution in [0.1, 0.15) is 27.8 Å². The molecule has 7 rings (SSSR count). The van der Waals surface area contributed by atoms with Gasteiger partial charge in [-0.1, -0.05) is 72.8 Å². The Balaban J connectivity index is 1.40. The molecule has 0 saturated carbocycles. The maximum absolute atomic E-state index is 2.37. The minimum Gasteiger partial charge on any atom is -0.310 e. The Morgan fingerprint density at radius 3 is 0.560 bits per heavy atom. The minimum absolute atomic E-state index is 1.08. The molecule has 7 aromatic carbocycles. The Morgan fingerprint density at radius 2 is 0.380 bits per heavy atom. The topological polar surface area (TPSA) is 9.72 Å². The first kappa shape index (κ1) is 32.5. The summed E-state index contributed by atoms with van der Waals surface area (Å²) in [6, 6.07) is 61.4. The second-order valence-electron chi connectivity index (χ2n) is 13.2. The third kappa shape index (κ3) is 7.04. The molecule has 0 fully saturated rings. The van der Waals surface area contributed by atoms with E-state index in [1.165, 1.54) is 27.8 Å². The molecule has 50 heavy (non-hydrogen) atoms. The summed E-state index contributed by atoms with van der Waals surface area (Å²) in [7, 11) is 0. The number of nitrogens with zero attached hydrogens (tertiary/aromatic N) is 3. The van der Waals surface area contributed by atoms with Gasteiger partial charge in [0.05, 0.1) is 0 Å². The molecule has 246 valence electrons. The fraction of sp³-hybridized carbons (Fsp3) is 0.106. The first-order chi connectivity index (χ1) is 24.3. The SMILES string of the molecule is Cc1cccc(N(c2cccc(C)c2)c2cccc(N(c3cccc(C)c3)c3cccc(N(c4cccc(C)c4)c4cccc(C)c4)c3)c2)c1. The summed E-state index contributed by atoms with van der Waals surface area (Å²) in [4.78, 5) is 7.08. The van der Waals surface area contributed by atoms with Gasteiger partial charge in [-0.2, -0.15) is 0 Å². The largest absolute Gasteiger partial charge is 0.310 e. The van der Waals surface area contributed by atoms with Crippen molar-refractivity contribution in [3.05, 3.63) is 198 Å². The molecule has 0 radical (unpaired) electrons. The van der Waals surface area contributed by atoms with E-state index in [0.29, 0.717) is 0 Å². The Morgan fingerprint density at radius 1 is 0.220 bits per heavy atom. The van der Waals surface area contributed by atoms with Gasteiger partial charge in [0.15, 0.2) is 0 Å². The van der Waals surface area contributed by atoms with Gasteiger partial charge in [0.2, 0.25) is 0 Å². The van der Waals surface area contributed by atoms with Gasteiger partial charge in [-0.25, -0.2) is 0 Å². The number of anilines is 9. The highest BCUT2D eigenvalue weighted by atomic mass is 15.2. The Kier molecular flexibility index (Phi) is 9.22. The molecule has 0 heterocycles. The molecule has 0 spiro atoms. The quantitative estimate of drug-likeness (QED) is 0.154. The smallest absolute Gasteiger partial charge is 0.0482 e. The molecule has 3 nitrogen and oxygen atoms in total. The van der Waals surface area contributed by atoms with Crippen LogP contribution in [0.25, 0.3) is 0 Å². The number of hydrogen-bond acceptors (Lipinski definition) is 3. The van der Waals surface area contributed by atoms with E-state index in [0.717, 1.165) is 51.2 Å². The average Bonchev–Trinajstić information content (AvgIpc) is 3.09. The molecule has 0 aromatic heterocycles. The van der Waals surface area contributed by atoms with E-state index in [1.54, 1.807) is 0 Å². The average molecular weight is 650 g/mol. The van der Waals surface area contributed by atoms with E-state index in [1.807, 2.05) is 0 Å². The zero-order chi connectivity index (χ0) is 34.6. The lowest BCUT2D eigenvalue weighted by Gasteiger charge is -2.31. The maximum atomic E-state index is 2.37. The standard InChI is InChI=1S/C47H43N3/c1-34-13-6-18-39(27-34)48(40-19-7-14-35(2)28-40)44-23-11-25-46(32-44)50(43-22-10-17-38(5)31-43)47-26-12-24-45(33-47)49(41-20-8-15-36(3)29-41)42-21-9-16-37(4)30-42/h6-33H,1-5H3. The van der Waals surface area contributed by atoms with Crippen molar-refractivity contribution in [3.8, 4) is 0 Å². The molecule has 0 bridgehead atoms. The summed E-state index contributed by atoms with van der Waals surface area (Å²) in [5.41, 5.74) is 16.1. The van der Waals surface area contributed by atoms with Crippen LogP contribution in [0, 0.1) is 34.6 Å². The molecular weight excluding hydrogens is 607 g/mol. The van der Waals surface area contributed by atoms with Crippen LogP contribution < -0.4 is 14.7 Å². The van der Waals surface area contributed by atoms with Gasteiger partial charge in [-0.15, -0.1) is 0 Å². The van der Waals surface area contributed by atoms with Crippen LogP contribution in [0.2, 0.25) is 0 Å². The van der Waals surface area contributed by atoms with E-state index in [-0.39, 0.29) is 0 Å². The van der Waals surface area contributed by atoms with Crippen molar-refractivity contribution in [2.24, 2.45) is 0 Å². The minimum atomic E-state index is 1.08. The second-order valence-corrected chi connectivity index (χ2v) is 13.2. The second kappa shape index (κ2) is 14.2. The van der Waals surface area contributed by atoms with Crippen molar-refractivity contribution in [2.75, 3.05) is 14.7 Å². The summed E-state index contributed by atoms with van der Waals surface area (Å²) >= 11 is 0. The lowest BCUT2D eigenvalue weighted by molar-refractivity contribution is 1.22.